The summed E-state index contributed by atoms with van der Waals surface area (Å²) in [6.07, 6.45) is 5.13. The Kier molecular flexibility index (Phi) is 4.96. The van der Waals surface area contributed by atoms with E-state index in [4.69, 9.17) is 15.5 Å². The van der Waals surface area contributed by atoms with Gasteiger partial charge in [-0.05, 0) is 31.1 Å². The number of aromatic nitrogens is 4. The third-order valence-corrected chi connectivity index (χ3v) is 7.29. The summed E-state index contributed by atoms with van der Waals surface area (Å²) in [5, 5.41) is 6.01. The van der Waals surface area contributed by atoms with Gasteiger partial charge in [0, 0.05) is 43.0 Å². The molecule has 0 spiro atoms. The molecule has 3 aromatic heterocycles. The van der Waals surface area contributed by atoms with Crippen molar-refractivity contribution in [3.05, 3.63) is 41.3 Å². The lowest BCUT2D eigenvalue weighted by molar-refractivity contribution is 0.438. The molecule has 1 fully saturated rings. The molecule has 11 heteroatoms. The van der Waals surface area contributed by atoms with Gasteiger partial charge in [0.25, 0.3) is 0 Å². The third kappa shape index (κ3) is 3.48. The molecular formula is C23H22FN7O2S. The number of nitrogens with two attached hydrogens (primary N) is 1. The number of nitrogens with one attached hydrogen (secondary N) is 2. The first kappa shape index (κ1) is 21.0. The monoisotopic (exact) mass is 479 g/mol. The van der Waals surface area contributed by atoms with Crippen LogP contribution in [0.1, 0.15) is 18.5 Å². The number of hydrogen-bond donors (Lipinski definition) is 3. The second kappa shape index (κ2) is 8.03. The number of rotatable bonds is 4. The first-order chi connectivity index (χ1) is 16.5. The van der Waals surface area contributed by atoms with Crippen molar-refractivity contribution in [2.75, 3.05) is 30.4 Å². The zero-order valence-corrected chi connectivity index (χ0v) is 19.2. The van der Waals surface area contributed by atoms with Crippen LogP contribution in [0.3, 0.4) is 0 Å². The number of pyridine rings is 1. The van der Waals surface area contributed by atoms with Crippen LogP contribution in [0, 0.1) is 5.82 Å². The first-order valence-electron chi connectivity index (χ1n) is 11.0. The second-order valence-corrected chi connectivity index (χ2v) is 9.72. The Morgan fingerprint density at radius 2 is 2.21 bits per heavy atom. The Morgan fingerprint density at radius 3 is 3.03 bits per heavy atom. The lowest BCUT2D eigenvalue weighted by atomic mass is 10.1. The summed E-state index contributed by atoms with van der Waals surface area (Å²) in [5.74, 6) is 0.660. The molecule has 4 aromatic rings. The quantitative estimate of drug-likeness (QED) is 0.407. The van der Waals surface area contributed by atoms with Crippen molar-refractivity contribution in [2.24, 2.45) is 5.73 Å². The Bertz CT molecular complexity index is 1500. The van der Waals surface area contributed by atoms with E-state index in [-0.39, 0.29) is 17.9 Å². The zero-order chi connectivity index (χ0) is 23.4. The fourth-order valence-electron chi connectivity index (χ4n) is 4.58. The third-order valence-electron chi connectivity index (χ3n) is 6.14. The van der Waals surface area contributed by atoms with Gasteiger partial charge >= 0.3 is 6.01 Å². The van der Waals surface area contributed by atoms with Crippen LogP contribution in [0.5, 0.6) is 11.8 Å². The fraction of sp³-hybridized carbons (Fsp3) is 0.261. The van der Waals surface area contributed by atoms with Crippen LogP contribution in [0.4, 0.5) is 15.9 Å². The molecule has 0 bridgehead atoms. The molecular weight excluding hydrogens is 457 g/mol. The molecule has 0 aliphatic carbocycles. The highest BCUT2D eigenvalue weighted by Gasteiger charge is 2.25. The number of hydrogen-bond acceptors (Lipinski definition) is 8. The van der Waals surface area contributed by atoms with E-state index in [2.05, 4.69) is 25.2 Å². The minimum atomic E-state index is -1.25. The standard InChI is InChI=1S/C23H22FN7O2S/c1-26-17-8-12(24)7-15-19-21(28-20(15)17)29-23(30-22(19)31-5-2-3-13(25)11-31)33-14-9-18-16(27-10-14)4-6-34(18)32/h4,6-10,13,26H,2-3,5,11,25H2,1H3,(H,28,29,30)/t13-,34?/m1/s1. The molecule has 174 valence electrons. The first-order valence-corrected chi connectivity index (χ1v) is 12.2. The van der Waals surface area contributed by atoms with E-state index in [1.165, 1.54) is 12.1 Å². The predicted octanol–water partition coefficient (Wildman–Crippen LogP) is 3.50. The Morgan fingerprint density at radius 1 is 1.32 bits per heavy atom. The summed E-state index contributed by atoms with van der Waals surface area (Å²) in [6, 6.07) is 4.73. The largest absolute Gasteiger partial charge is 0.423 e. The molecule has 1 unspecified atom stereocenters. The van der Waals surface area contributed by atoms with E-state index < -0.39 is 10.8 Å². The normalized spacial score (nSPS) is 19.7. The van der Waals surface area contributed by atoms with Crippen LogP contribution in [0.25, 0.3) is 28.0 Å². The Balaban J connectivity index is 1.51. The van der Waals surface area contributed by atoms with Crippen LogP contribution in [0.2, 0.25) is 0 Å². The van der Waals surface area contributed by atoms with Crippen molar-refractivity contribution in [2.45, 2.75) is 23.8 Å². The minimum absolute atomic E-state index is 0.0151. The van der Waals surface area contributed by atoms with Crippen molar-refractivity contribution in [3.8, 4) is 11.8 Å². The molecule has 2 aliphatic heterocycles. The minimum Gasteiger partial charge on any atom is -0.423 e. The van der Waals surface area contributed by atoms with Crippen LogP contribution in [0.15, 0.2) is 34.7 Å². The van der Waals surface area contributed by atoms with E-state index in [9.17, 15) is 8.60 Å². The van der Waals surface area contributed by atoms with Crippen molar-refractivity contribution < 1.29 is 13.3 Å². The van der Waals surface area contributed by atoms with E-state index >= 15 is 0 Å². The van der Waals surface area contributed by atoms with Crippen LogP contribution < -0.4 is 20.7 Å². The smallest absolute Gasteiger partial charge is 0.326 e. The summed E-state index contributed by atoms with van der Waals surface area (Å²) in [7, 11) is 0.488. The van der Waals surface area contributed by atoms with Gasteiger partial charge < -0.3 is 25.7 Å². The average molecular weight is 480 g/mol. The average Bonchev–Trinajstić information content (AvgIpc) is 3.38. The van der Waals surface area contributed by atoms with Gasteiger partial charge in [0.05, 0.1) is 44.2 Å². The van der Waals surface area contributed by atoms with Gasteiger partial charge in [-0.25, -0.2) is 8.60 Å². The molecule has 1 aromatic carbocycles. The van der Waals surface area contributed by atoms with Gasteiger partial charge in [-0.3, -0.25) is 4.98 Å². The number of piperidine rings is 1. The lowest BCUT2D eigenvalue weighted by Crippen LogP contribution is -2.43. The van der Waals surface area contributed by atoms with Crippen LogP contribution in [-0.4, -0.2) is 50.3 Å². The van der Waals surface area contributed by atoms with Gasteiger partial charge in [0.15, 0.2) is 5.75 Å². The van der Waals surface area contributed by atoms with E-state index in [0.717, 1.165) is 24.9 Å². The summed E-state index contributed by atoms with van der Waals surface area (Å²) >= 11 is 0. The van der Waals surface area contributed by atoms with Crippen molar-refractivity contribution in [3.63, 3.8) is 0 Å². The molecule has 34 heavy (non-hydrogen) atoms. The molecule has 9 nitrogen and oxygen atoms in total. The van der Waals surface area contributed by atoms with Gasteiger partial charge in [-0.15, -0.1) is 0 Å². The van der Waals surface area contributed by atoms with Crippen molar-refractivity contribution in [1.82, 2.24) is 19.9 Å². The molecule has 4 N–H and O–H groups in total. The molecule has 0 saturated carbocycles. The molecule has 2 aliphatic rings. The Hall–Kier alpha value is -3.57. The van der Waals surface area contributed by atoms with E-state index in [1.807, 2.05) is 0 Å². The number of H-pyrrole nitrogens is 1. The second-order valence-electron chi connectivity index (χ2n) is 8.41. The maximum Gasteiger partial charge on any atom is 0.326 e. The Labute approximate surface area is 196 Å². The molecule has 5 heterocycles. The predicted molar refractivity (Wildman–Crippen MR) is 130 cm³/mol. The highest BCUT2D eigenvalue weighted by atomic mass is 32.2. The number of nitrogens with zero attached hydrogens (tertiary/aromatic N) is 4. The number of benzene rings is 1. The number of halogens is 1. The van der Waals surface area contributed by atoms with E-state index in [0.29, 0.717) is 50.8 Å². The molecule has 0 radical (unpaired) electrons. The highest BCUT2D eigenvalue weighted by Crippen LogP contribution is 2.38. The summed E-state index contributed by atoms with van der Waals surface area (Å²) in [4.78, 5) is 19.6. The van der Waals surface area contributed by atoms with Gasteiger partial charge in [0.1, 0.15) is 17.3 Å². The van der Waals surface area contributed by atoms with Crippen molar-refractivity contribution >= 4 is 50.3 Å². The van der Waals surface area contributed by atoms with E-state index in [1.54, 1.807) is 30.8 Å². The number of anilines is 2. The lowest BCUT2D eigenvalue weighted by Gasteiger charge is -2.32. The van der Waals surface area contributed by atoms with Gasteiger partial charge in [-0.2, -0.15) is 9.97 Å². The fourth-order valence-corrected chi connectivity index (χ4v) is 5.54. The SMILES string of the molecule is CNc1cc(F)cc2c1[nH]c1nc(Oc3cnc4c(c3)S(=O)C=C4)nc(N3CCC[C@@H](N)C3)c12. The van der Waals surface area contributed by atoms with Gasteiger partial charge in [0.2, 0.25) is 0 Å². The van der Waals surface area contributed by atoms with Gasteiger partial charge in [-0.1, -0.05) is 0 Å². The summed E-state index contributed by atoms with van der Waals surface area (Å²) in [6.45, 7) is 1.39. The molecule has 2 atom stereocenters. The number of fused-ring (bicyclic) bond motifs is 4. The maximum absolute atomic E-state index is 14.4. The van der Waals surface area contributed by atoms with Crippen LogP contribution >= 0.6 is 0 Å². The summed E-state index contributed by atoms with van der Waals surface area (Å²) in [5.41, 5.74) is 8.78. The molecule has 1 saturated heterocycles. The van der Waals surface area contributed by atoms with Crippen molar-refractivity contribution in [1.29, 1.82) is 0 Å². The number of ether oxygens (including phenoxy) is 1. The maximum atomic E-state index is 14.4. The molecule has 0 amide bonds. The number of aromatic amines is 1. The highest BCUT2D eigenvalue weighted by molar-refractivity contribution is 7.88. The molecule has 6 rings (SSSR count). The summed E-state index contributed by atoms with van der Waals surface area (Å²) < 4.78 is 32.6. The zero-order valence-electron chi connectivity index (χ0n) is 18.3. The van der Waals surface area contributed by atoms with Crippen LogP contribution in [-0.2, 0) is 10.8 Å². The topological polar surface area (TPSA) is 122 Å².